The summed E-state index contributed by atoms with van der Waals surface area (Å²) in [5.74, 6) is -0.954. The van der Waals surface area contributed by atoms with Gasteiger partial charge in [0.25, 0.3) is 0 Å². The number of carbonyl (C=O) groups excluding carboxylic acids is 2. The normalized spacial score (nSPS) is 18.1. The number of rotatable bonds is 5. The highest BCUT2D eigenvalue weighted by atomic mass is 28.3. The molecular formula is C15H26O4Si. The molecule has 0 N–H and O–H groups in total. The standard InChI is InChI=1S/C15H26O4Si/c1-7-20(5,6)10-12-9-15(8-11(12)2,13(16)18-3)14(17)19-4/h7-10H2,1-6H3. The molecule has 0 saturated carbocycles. The van der Waals surface area contributed by atoms with E-state index in [9.17, 15) is 9.59 Å². The van der Waals surface area contributed by atoms with Crippen molar-refractivity contribution in [3.05, 3.63) is 11.1 Å². The minimum atomic E-state index is -1.30. The van der Waals surface area contributed by atoms with E-state index in [0.29, 0.717) is 12.8 Å². The molecule has 0 aliphatic heterocycles. The van der Waals surface area contributed by atoms with Gasteiger partial charge in [0.2, 0.25) is 0 Å². The summed E-state index contributed by atoms with van der Waals surface area (Å²) >= 11 is 0. The Morgan fingerprint density at radius 3 is 2.05 bits per heavy atom. The number of allylic oxidation sites excluding steroid dienone is 2. The monoisotopic (exact) mass is 298 g/mol. The zero-order valence-electron chi connectivity index (χ0n) is 13.5. The lowest BCUT2D eigenvalue weighted by atomic mass is 9.84. The molecule has 0 saturated heterocycles. The average molecular weight is 298 g/mol. The van der Waals surface area contributed by atoms with Gasteiger partial charge in [-0.3, -0.25) is 9.59 Å². The molecule has 0 aromatic heterocycles. The van der Waals surface area contributed by atoms with Crippen LogP contribution in [0.3, 0.4) is 0 Å². The second kappa shape index (κ2) is 6.12. The van der Waals surface area contributed by atoms with E-state index in [4.69, 9.17) is 9.47 Å². The summed E-state index contributed by atoms with van der Waals surface area (Å²) in [6.45, 7) is 8.90. The van der Waals surface area contributed by atoms with Gasteiger partial charge in [-0.05, 0) is 25.8 Å². The number of carbonyl (C=O) groups is 2. The topological polar surface area (TPSA) is 52.6 Å². The molecule has 0 atom stereocenters. The van der Waals surface area contributed by atoms with Gasteiger partial charge in [0.05, 0.1) is 22.3 Å². The van der Waals surface area contributed by atoms with Crippen LogP contribution in [-0.4, -0.2) is 34.2 Å². The molecule has 20 heavy (non-hydrogen) atoms. The Morgan fingerprint density at radius 2 is 1.65 bits per heavy atom. The summed E-state index contributed by atoms with van der Waals surface area (Å²) in [5.41, 5.74) is 1.25. The molecule has 1 aliphatic rings. The van der Waals surface area contributed by atoms with Crippen LogP contribution in [0, 0.1) is 5.41 Å². The predicted octanol–water partition coefficient (Wildman–Crippen LogP) is 3.16. The van der Waals surface area contributed by atoms with Crippen LogP contribution in [0.25, 0.3) is 0 Å². The zero-order chi connectivity index (χ0) is 15.6. The fourth-order valence-electron chi connectivity index (χ4n) is 2.83. The Kier molecular flexibility index (Phi) is 5.19. The number of esters is 2. The summed E-state index contributed by atoms with van der Waals surface area (Å²) in [4.78, 5) is 24.2. The first-order valence-electron chi connectivity index (χ1n) is 7.06. The van der Waals surface area contributed by atoms with Crippen LogP contribution in [0.1, 0.15) is 26.7 Å². The van der Waals surface area contributed by atoms with Gasteiger partial charge < -0.3 is 9.47 Å². The molecule has 114 valence electrons. The van der Waals surface area contributed by atoms with E-state index in [1.54, 1.807) is 0 Å². The maximum Gasteiger partial charge on any atom is 0.323 e. The molecule has 0 bridgehead atoms. The molecule has 0 fully saturated rings. The number of hydrogen-bond acceptors (Lipinski definition) is 4. The smallest absolute Gasteiger partial charge is 0.323 e. The van der Waals surface area contributed by atoms with E-state index in [-0.39, 0.29) is 0 Å². The minimum absolute atomic E-state index is 0.426. The van der Waals surface area contributed by atoms with Gasteiger partial charge in [-0.2, -0.15) is 0 Å². The predicted molar refractivity (Wildman–Crippen MR) is 81.2 cm³/mol. The van der Waals surface area contributed by atoms with Gasteiger partial charge in [0.15, 0.2) is 5.41 Å². The molecule has 4 nitrogen and oxygen atoms in total. The van der Waals surface area contributed by atoms with Crippen LogP contribution in [0.4, 0.5) is 0 Å². The summed E-state index contributed by atoms with van der Waals surface area (Å²) < 4.78 is 9.72. The van der Waals surface area contributed by atoms with Crippen molar-refractivity contribution in [1.29, 1.82) is 0 Å². The van der Waals surface area contributed by atoms with Crippen LogP contribution in [0.15, 0.2) is 11.1 Å². The molecule has 0 aromatic rings. The highest BCUT2D eigenvalue weighted by molar-refractivity contribution is 6.77. The number of hydrogen-bond donors (Lipinski definition) is 0. The van der Waals surface area contributed by atoms with Crippen LogP contribution in [-0.2, 0) is 19.1 Å². The maximum atomic E-state index is 12.1. The molecular weight excluding hydrogens is 272 g/mol. The number of methoxy groups -OCH3 is 2. The van der Waals surface area contributed by atoms with Gasteiger partial charge in [0, 0.05) is 0 Å². The Balaban J connectivity index is 3.03. The van der Waals surface area contributed by atoms with Gasteiger partial charge in [-0.25, -0.2) is 0 Å². The fourth-order valence-corrected chi connectivity index (χ4v) is 4.67. The largest absolute Gasteiger partial charge is 0.468 e. The van der Waals surface area contributed by atoms with Crippen LogP contribution in [0.5, 0.6) is 0 Å². The van der Waals surface area contributed by atoms with Crippen molar-refractivity contribution in [2.75, 3.05) is 14.2 Å². The summed E-state index contributed by atoms with van der Waals surface area (Å²) in [6.07, 6.45) is 0.879. The van der Waals surface area contributed by atoms with Crippen LogP contribution >= 0.6 is 0 Å². The number of ether oxygens (including phenoxy) is 2. The van der Waals surface area contributed by atoms with Crippen LogP contribution < -0.4 is 0 Å². The highest BCUT2D eigenvalue weighted by Gasteiger charge is 2.52. The van der Waals surface area contributed by atoms with Crippen LogP contribution in [0.2, 0.25) is 25.2 Å². The second-order valence-corrected chi connectivity index (χ2v) is 11.9. The summed E-state index contributed by atoms with van der Waals surface area (Å²) in [5, 5.41) is 0. The molecule has 0 aromatic carbocycles. The Labute approximate surface area is 122 Å². The van der Waals surface area contributed by atoms with E-state index in [2.05, 4.69) is 20.0 Å². The lowest BCUT2D eigenvalue weighted by molar-refractivity contribution is -0.168. The molecule has 0 amide bonds. The molecule has 0 heterocycles. The van der Waals surface area contributed by atoms with Gasteiger partial charge in [0.1, 0.15) is 0 Å². The molecule has 1 aliphatic carbocycles. The first kappa shape index (κ1) is 16.9. The lowest BCUT2D eigenvalue weighted by Gasteiger charge is -2.25. The summed E-state index contributed by atoms with van der Waals surface area (Å²) in [6, 6.07) is 2.22. The third kappa shape index (κ3) is 3.14. The minimum Gasteiger partial charge on any atom is -0.468 e. The van der Waals surface area contributed by atoms with Crippen molar-refractivity contribution in [2.45, 2.75) is 51.9 Å². The summed E-state index contributed by atoms with van der Waals surface area (Å²) in [7, 11) is 1.35. The van der Waals surface area contributed by atoms with E-state index < -0.39 is 25.4 Å². The second-order valence-electron chi connectivity index (χ2n) is 6.50. The Hall–Kier alpha value is -1.10. The Morgan fingerprint density at radius 1 is 1.15 bits per heavy atom. The van der Waals surface area contributed by atoms with E-state index in [1.165, 1.54) is 25.8 Å². The lowest BCUT2D eigenvalue weighted by Crippen LogP contribution is -2.39. The van der Waals surface area contributed by atoms with Crippen molar-refractivity contribution in [3.8, 4) is 0 Å². The molecule has 0 radical (unpaired) electrons. The van der Waals surface area contributed by atoms with Crippen molar-refractivity contribution < 1.29 is 19.1 Å². The quantitative estimate of drug-likeness (QED) is 0.338. The maximum absolute atomic E-state index is 12.1. The Bertz CT molecular complexity index is 421. The van der Waals surface area contributed by atoms with Gasteiger partial charge in [-0.15, -0.1) is 0 Å². The van der Waals surface area contributed by atoms with E-state index >= 15 is 0 Å². The van der Waals surface area contributed by atoms with E-state index in [0.717, 1.165) is 11.6 Å². The average Bonchev–Trinajstić information content (AvgIpc) is 2.74. The van der Waals surface area contributed by atoms with E-state index in [1.807, 2.05) is 6.92 Å². The SMILES string of the molecule is CC[Si](C)(C)CC1=C(C)CC(C(=O)OC)(C(=O)OC)C1. The molecule has 1 rings (SSSR count). The van der Waals surface area contributed by atoms with Crippen molar-refractivity contribution in [3.63, 3.8) is 0 Å². The molecule has 0 spiro atoms. The molecule has 5 heteroatoms. The van der Waals surface area contributed by atoms with Crippen molar-refractivity contribution >= 4 is 20.0 Å². The third-order valence-corrected chi connectivity index (χ3v) is 7.79. The fraction of sp³-hybridized carbons (Fsp3) is 0.733. The van der Waals surface area contributed by atoms with Gasteiger partial charge >= 0.3 is 11.9 Å². The zero-order valence-corrected chi connectivity index (χ0v) is 14.5. The first-order chi connectivity index (χ1) is 9.22. The molecule has 0 unspecified atom stereocenters. The third-order valence-electron chi connectivity index (χ3n) is 4.49. The van der Waals surface area contributed by atoms with Crippen molar-refractivity contribution in [2.24, 2.45) is 5.41 Å². The van der Waals surface area contributed by atoms with Gasteiger partial charge in [-0.1, -0.05) is 37.2 Å². The first-order valence-corrected chi connectivity index (χ1v) is 10.5. The highest BCUT2D eigenvalue weighted by Crippen LogP contribution is 2.46. The van der Waals surface area contributed by atoms with Crippen molar-refractivity contribution in [1.82, 2.24) is 0 Å².